The van der Waals surface area contributed by atoms with Crippen molar-refractivity contribution in [3.63, 3.8) is 0 Å². The van der Waals surface area contributed by atoms with E-state index in [1.165, 1.54) is 0 Å². The van der Waals surface area contributed by atoms with Crippen LogP contribution >= 0.6 is 0 Å². The van der Waals surface area contributed by atoms with Crippen LogP contribution in [0.5, 0.6) is 5.75 Å². The molecule has 0 bridgehead atoms. The average Bonchev–Trinajstić information content (AvgIpc) is 3.71. The fourth-order valence-corrected chi connectivity index (χ4v) is 6.59. The minimum Gasteiger partial charge on any atom is -0.507 e. The van der Waals surface area contributed by atoms with Gasteiger partial charge in [0.2, 0.25) is 0 Å². The second-order valence-corrected chi connectivity index (χ2v) is 12.0. The summed E-state index contributed by atoms with van der Waals surface area (Å²) in [6, 6.07) is 46.4. The maximum Gasteiger partial charge on any atom is 0.154 e. The number of para-hydroxylation sites is 2. The lowest BCUT2D eigenvalue weighted by molar-refractivity contribution is 0.477. The molecule has 0 atom stereocenters. The van der Waals surface area contributed by atoms with E-state index in [-0.39, 0.29) is 5.75 Å². The van der Waals surface area contributed by atoms with Gasteiger partial charge in [-0.05, 0) is 72.6 Å². The third kappa shape index (κ3) is 4.62. The van der Waals surface area contributed by atoms with Crippen LogP contribution in [0, 0.1) is 6.92 Å². The first-order valence-corrected chi connectivity index (χ1v) is 15.8. The predicted octanol–water partition coefficient (Wildman–Crippen LogP) is 10.4. The molecular formula is C42H28N4O2. The Labute approximate surface area is 276 Å². The highest BCUT2D eigenvalue weighted by Crippen LogP contribution is 2.43. The molecule has 4 heterocycles. The highest BCUT2D eigenvalue weighted by atomic mass is 16.3. The first kappa shape index (κ1) is 27.8. The molecule has 9 aromatic rings. The molecule has 48 heavy (non-hydrogen) atoms. The molecule has 0 unspecified atom stereocenters. The van der Waals surface area contributed by atoms with Crippen LogP contribution in [-0.2, 0) is 0 Å². The summed E-state index contributed by atoms with van der Waals surface area (Å²) in [6.45, 7) is 2.09. The van der Waals surface area contributed by atoms with Crippen LogP contribution < -0.4 is 0 Å². The Morgan fingerprint density at radius 2 is 1.35 bits per heavy atom. The molecule has 0 aliphatic heterocycles. The van der Waals surface area contributed by atoms with Gasteiger partial charge in [-0.1, -0.05) is 90.5 Å². The summed E-state index contributed by atoms with van der Waals surface area (Å²) in [6.07, 6.45) is 1.78. The number of phenolic OH excluding ortho intramolecular Hbond substituents is 1. The molecule has 6 heteroatoms. The number of imidazole rings is 1. The van der Waals surface area contributed by atoms with Crippen molar-refractivity contribution in [1.29, 1.82) is 0 Å². The topological polar surface area (TPSA) is 76.5 Å². The van der Waals surface area contributed by atoms with E-state index in [9.17, 15) is 5.11 Å². The second-order valence-electron chi connectivity index (χ2n) is 12.0. The summed E-state index contributed by atoms with van der Waals surface area (Å²) < 4.78 is 8.51. The van der Waals surface area contributed by atoms with Gasteiger partial charge in [0.1, 0.15) is 22.6 Å². The average molecular weight is 621 g/mol. The minimum atomic E-state index is 0.171. The number of aryl methyl sites for hydroxylation is 1. The van der Waals surface area contributed by atoms with Crippen LogP contribution in [-0.4, -0.2) is 24.7 Å². The first-order chi connectivity index (χ1) is 23.6. The van der Waals surface area contributed by atoms with Gasteiger partial charge in [0, 0.05) is 39.2 Å². The lowest BCUT2D eigenvalue weighted by Gasteiger charge is -2.13. The summed E-state index contributed by atoms with van der Waals surface area (Å²) in [7, 11) is 0. The van der Waals surface area contributed by atoms with Gasteiger partial charge in [-0.25, -0.2) is 14.5 Å². The number of fused-ring (bicyclic) bond motifs is 4. The van der Waals surface area contributed by atoms with E-state index in [0.29, 0.717) is 11.3 Å². The SMILES string of the molecule is Cc1cccc(-c2cc(-c3ccccc3O)nc(-c3cc(-c4nc5cccnn5c4-c4ccccc4)cc4c3oc3ccccc34)c2)c1. The van der Waals surface area contributed by atoms with E-state index in [1.54, 1.807) is 12.3 Å². The van der Waals surface area contributed by atoms with Crippen molar-refractivity contribution < 1.29 is 9.52 Å². The number of rotatable bonds is 5. The van der Waals surface area contributed by atoms with E-state index in [4.69, 9.17) is 19.5 Å². The van der Waals surface area contributed by atoms with E-state index >= 15 is 0 Å². The van der Waals surface area contributed by atoms with Crippen molar-refractivity contribution in [3.05, 3.63) is 151 Å². The zero-order valence-electron chi connectivity index (χ0n) is 26.0. The van der Waals surface area contributed by atoms with Gasteiger partial charge in [0.05, 0.1) is 17.1 Å². The zero-order chi connectivity index (χ0) is 32.2. The van der Waals surface area contributed by atoms with Crippen LogP contribution in [0.4, 0.5) is 0 Å². The standard InChI is InChI=1S/C42H28N4O2/c1-26-11-9-14-28(21-26)29-24-35(32-16-5-7-17-37(32)47)44-36(25-29)34-23-30(22-33-31-15-6-8-18-38(31)48-42(33)34)40-41(27-12-3-2-4-13-27)46-39(45-40)19-10-20-43-46/h2-25,47H,1H3. The van der Waals surface area contributed by atoms with E-state index in [2.05, 4.69) is 67.6 Å². The lowest BCUT2D eigenvalue weighted by atomic mass is 9.95. The molecule has 0 spiro atoms. The van der Waals surface area contributed by atoms with E-state index < -0.39 is 0 Å². The minimum absolute atomic E-state index is 0.171. The largest absolute Gasteiger partial charge is 0.507 e. The molecule has 0 saturated heterocycles. The third-order valence-corrected chi connectivity index (χ3v) is 8.82. The van der Waals surface area contributed by atoms with Gasteiger partial charge >= 0.3 is 0 Å². The Hall–Kier alpha value is -6.53. The lowest BCUT2D eigenvalue weighted by Crippen LogP contribution is -1.94. The van der Waals surface area contributed by atoms with Gasteiger partial charge in [0.15, 0.2) is 5.65 Å². The van der Waals surface area contributed by atoms with Gasteiger partial charge in [-0.3, -0.25) is 0 Å². The highest BCUT2D eigenvalue weighted by Gasteiger charge is 2.22. The molecule has 9 rings (SSSR count). The zero-order valence-corrected chi connectivity index (χ0v) is 26.0. The van der Waals surface area contributed by atoms with Crippen LogP contribution in [0.15, 0.2) is 150 Å². The number of pyridine rings is 1. The number of furan rings is 1. The summed E-state index contributed by atoms with van der Waals surface area (Å²) in [5, 5.41) is 17.6. The molecule has 0 radical (unpaired) electrons. The van der Waals surface area contributed by atoms with Crippen molar-refractivity contribution in [2.75, 3.05) is 0 Å². The Morgan fingerprint density at radius 3 is 2.21 bits per heavy atom. The van der Waals surface area contributed by atoms with Crippen molar-refractivity contribution in [2.24, 2.45) is 0 Å². The molecule has 0 fully saturated rings. The molecule has 0 saturated carbocycles. The summed E-state index contributed by atoms with van der Waals surface area (Å²) in [4.78, 5) is 10.3. The summed E-state index contributed by atoms with van der Waals surface area (Å²) in [5.41, 5.74) is 12.0. The number of phenols is 1. The molecular weight excluding hydrogens is 592 g/mol. The van der Waals surface area contributed by atoms with Crippen LogP contribution in [0.1, 0.15) is 5.56 Å². The smallest absolute Gasteiger partial charge is 0.154 e. The van der Waals surface area contributed by atoms with Gasteiger partial charge in [0.25, 0.3) is 0 Å². The fraction of sp³-hybridized carbons (Fsp3) is 0.0238. The quantitative estimate of drug-likeness (QED) is 0.207. The number of aromatic nitrogens is 4. The van der Waals surface area contributed by atoms with Crippen molar-refractivity contribution in [3.8, 4) is 61.9 Å². The van der Waals surface area contributed by atoms with Crippen molar-refractivity contribution >= 4 is 27.6 Å². The fourth-order valence-electron chi connectivity index (χ4n) is 6.59. The second kappa shape index (κ2) is 11.1. The van der Waals surface area contributed by atoms with E-state index in [1.807, 2.05) is 77.3 Å². The number of aromatic hydroxyl groups is 1. The summed E-state index contributed by atoms with van der Waals surface area (Å²) in [5.74, 6) is 0.171. The molecule has 0 amide bonds. The highest BCUT2D eigenvalue weighted by molar-refractivity contribution is 6.11. The van der Waals surface area contributed by atoms with Crippen molar-refractivity contribution in [1.82, 2.24) is 19.6 Å². The van der Waals surface area contributed by atoms with Crippen LogP contribution in [0.25, 0.3) is 83.7 Å². The third-order valence-electron chi connectivity index (χ3n) is 8.82. The van der Waals surface area contributed by atoms with Gasteiger partial charge in [-0.15, -0.1) is 0 Å². The molecule has 4 aromatic heterocycles. The maximum absolute atomic E-state index is 10.9. The van der Waals surface area contributed by atoms with Crippen LogP contribution in [0.2, 0.25) is 0 Å². The maximum atomic E-state index is 10.9. The molecule has 1 N–H and O–H groups in total. The normalized spacial score (nSPS) is 11.5. The number of hydrogen-bond acceptors (Lipinski definition) is 5. The number of hydrogen-bond donors (Lipinski definition) is 1. The number of nitrogens with zero attached hydrogens (tertiary/aromatic N) is 4. The molecule has 5 aromatic carbocycles. The molecule has 0 aliphatic rings. The van der Waals surface area contributed by atoms with Crippen LogP contribution in [0.3, 0.4) is 0 Å². The molecule has 6 nitrogen and oxygen atoms in total. The predicted molar refractivity (Wildman–Crippen MR) is 192 cm³/mol. The first-order valence-electron chi connectivity index (χ1n) is 15.8. The Bertz CT molecular complexity index is 2650. The molecule has 228 valence electrons. The summed E-state index contributed by atoms with van der Waals surface area (Å²) >= 11 is 0. The van der Waals surface area contributed by atoms with E-state index in [0.717, 1.165) is 78.0 Å². The van der Waals surface area contributed by atoms with Gasteiger partial charge in [-0.2, -0.15) is 5.10 Å². The van der Waals surface area contributed by atoms with Crippen molar-refractivity contribution in [2.45, 2.75) is 6.92 Å². The van der Waals surface area contributed by atoms with Gasteiger partial charge < -0.3 is 9.52 Å². The number of benzene rings is 5. The Morgan fingerprint density at radius 1 is 0.583 bits per heavy atom. The molecule has 0 aliphatic carbocycles. The Balaban J connectivity index is 1.37. The Kier molecular flexibility index (Phi) is 6.40. The monoisotopic (exact) mass is 620 g/mol.